The number of hydrogen-bond donors (Lipinski definition) is 2. The molecular weight excluding hydrogens is 446 g/mol. The van der Waals surface area contributed by atoms with Crippen LogP contribution in [0.2, 0.25) is 0 Å². The number of aryl methyl sites for hydroxylation is 1. The summed E-state index contributed by atoms with van der Waals surface area (Å²) in [5.74, 6) is 1.01. The molecule has 35 heavy (non-hydrogen) atoms. The molecule has 3 aromatic carbocycles. The molecule has 0 aliphatic heterocycles. The van der Waals surface area contributed by atoms with Gasteiger partial charge in [-0.25, -0.2) is 4.79 Å². The van der Waals surface area contributed by atoms with Gasteiger partial charge in [-0.15, -0.1) is 0 Å². The van der Waals surface area contributed by atoms with E-state index in [-0.39, 0.29) is 0 Å². The van der Waals surface area contributed by atoms with Crippen LogP contribution in [-0.2, 0) is 28.9 Å². The van der Waals surface area contributed by atoms with Gasteiger partial charge in [0.25, 0.3) is 0 Å². The van der Waals surface area contributed by atoms with Gasteiger partial charge in [-0.2, -0.15) is 0 Å². The van der Waals surface area contributed by atoms with Crippen molar-refractivity contribution >= 4 is 18.4 Å². The van der Waals surface area contributed by atoms with Gasteiger partial charge in [0, 0.05) is 31.0 Å². The summed E-state index contributed by atoms with van der Waals surface area (Å²) in [6.45, 7) is 4.55. The molecule has 1 aliphatic carbocycles. The molecule has 0 saturated heterocycles. The number of anilines is 1. The maximum Gasteiger partial charge on any atom is 0.330 e. The highest BCUT2D eigenvalue weighted by Crippen LogP contribution is 2.37. The molecule has 0 radical (unpaired) electrons. The van der Waals surface area contributed by atoms with Crippen molar-refractivity contribution in [2.75, 3.05) is 26.1 Å². The Kier molecular flexibility index (Phi) is 8.36. The minimum absolute atomic E-state index is 0.366. The number of carboxylic acid groups (broad SMARTS) is 1. The van der Waals surface area contributed by atoms with Gasteiger partial charge in [-0.05, 0) is 47.9 Å². The lowest BCUT2D eigenvalue weighted by Gasteiger charge is -2.27. The average Bonchev–Trinajstić information content (AvgIpc) is 3.24. The zero-order valence-electron chi connectivity index (χ0n) is 20.3. The first kappa shape index (κ1) is 25.6. The number of nitrogens with one attached hydrogen (secondary N) is 1. The lowest BCUT2D eigenvalue weighted by atomic mass is 9.95. The second-order valence-electron chi connectivity index (χ2n) is 8.45. The molecule has 3 aromatic rings. The highest BCUT2D eigenvalue weighted by atomic mass is 16.5. The summed E-state index contributed by atoms with van der Waals surface area (Å²) in [4.78, 5) is 20.4. The zero-order chi connectivity index (χ0) is 25.4. The molecule has 4 rings (SSSR count). The maximum atomic E-state index is 12.4. The van der Waals surface area contributed by atoms with E-state index in [4.69, 9.17) is 19.0 Å². The van der Waals surface area contributed by atoms with Crippen LogP contribution in [-0.4, -0.2) is 44.2 Å². The number of ether oxygens (including phenoxy) is 3. The molecular formula is C28H31NO6. The van der Waals surface area contributed by atoms with Crippen molar-refractivity contribution in [1.82, 2.24) is 0 Å². The van der Waals surface area contributed by atoms with Crippen LogP contribution < -0.4 is 19.5 Å². The Morgan fingerprint density at radius 2 is 1.74 bits per heavy atom. The number of rotatable bonds is 9. The minimum Gasteiger partial charge on any atom is -0.497 e. The van der Waals surface area contributed by atoms with E-state index in [9.17, 15) is 9.90 Å². The number of benzene rings is 3. The van der Waals surface area contributed by atoms with Gasteiger partial charge in [0.05, 0.1) is 20.8 Å². The van der Waals surface area contributed by atoms with Gasteiger partial charge in [0.2, 0.25) is 0 Å². The number of carbonyl (C=O) groups is 2. The zero-order valence-corrected chi connectivity index (χ0v) is 20.3. The Morgan fingerprint density at radius 1 is 0.971 bits per heavy atom. The van der Waals surface area contributed by atoms with Crippen LogP contribution in [0.25, 0.3) is 0 Å². The lowest BCUT2D eigenvalue weighted by molar-refractivity contribution is -0.142. The minimum atomic E-state index is -1.14. The first-order valence-electron chi connectivity index (χ1n) is 11.2. The molecule has 1 unspecified atom stereocenters. The van der Waals surface area contributed by atoms with Gasteiger partial charge < -0.3 is 29.4 Å². The SMILES string of the molecule is C=O.COc1ccc2c(c1)CC(Nc1ccc(OC)c(OCCc3cccc(C)c3)c1)(C(=O)O)C2. The molecule has 0 heterocycles. The highest BCUT2D eigenvalue weighted by Gasteiger charge is 2.44. The van der Waals surface area contributed by atoms with Gasteiger partial charge in [0.15, 0.2) is 11.5 Å². The maximum absolute atomic E-state index is 12.4. The van der Waals surface area contributed by atoms with Crippen molar-refractivity contribution in [3.05, 3.63) is 82.9 Å². The smallest absolute Gasteiger partial charge is 0.330 e. The quantitative estimate of drug-likeness (QED) is 0.469. The molecule has 0 fully saturated rings. The molecule has 7 nitrogen and oxygen atoms in total. The summed E-state index contributed by atoms with van der Waals surface area (Å²) >= 11 is 0. The predicted molar refractivity (Wildman–Crippen MR) is 135 cm³/mol. The van der Waals surface area contributed by atoms with E-state index in [0.717, 1.165) is 23.3 Å². The summed E-state index contributed by atoms with van der Waals surface area (Å²) in [5, 5.41) is 13.4. The number of methoxy groups -OCH3 is 2. The number of carbonyl (C=O) groups excluding carboxylic acids is 1. The molecule has 7 heteroatoms. The second-order valence-corrected chi connectivity index (χ2v) is 8.45. The van der Waals surface area contributed by atoms with Crippen molar-refractivity contribution < 1.29 is 28.9 Å². The van der Waals surface area contributed by atoms with Crippen molar-refractivity contribution in [3.8, 4) is 17.2 Å². The number of aliphatic carboxylic acids is 1. The Balaban J connectivity index is 0.00000167. The van der Waals surface area contributed by atoms with Gasteiger partial charge >= 0.3 is 5.97 Å². The fourth-order valence-corrected chi connectivity index (χ4v) is 4.36. The van der Waals surface area contributed by atoms with Crippen LogP contribution >= 0.6 is 0 Å². The second kappa shape index (κ2) is 11.4. The molecule has 184 valence electrons. The Bertz CT molecular complexity index is 1180. The molecule has 1 aliphatic rings. The third-order valence-corrected chi connectivity index (χ3v) is 6.09. The first-order valence-corrected chi connectivity index (χ1v) is 11.2. The van der Waals surface area contributed by atoms with Crippen LogP contribution in [0.4, 0.5) is 5.69 Å². The Hall–Kier alpha value is -4.00. The predicted octanol–water partition coefficient (Wildman–Crippen LogP) is 4.48. The molecule has 0 aromatic heterocycles. The van der Waals surface area contributed by atoms with E-state index < -0.39 is 11.5 Å². The fraction of sp³-hybridized carbons (Fsp3) is 0.286. The molecule has 0 spiro atoms. The van der Waals surface area contributed by atoms with Gasteiger partial charge in [0.1, 0.15) is 18.1 Å². The third-order valence-electron chi connectivity index (χ3n) is 6.09. The number of carboxylic acids is 1. The van der Waals surface area contributed by atoms with E-state index in [1.807, 2.05) is 43.2 Å². The van der Waals surface area contributed by atoms with Crippen LogP contribution in [0.15, 0.2) is 60.7 Å². The Morgan fingerprint density at radius 3 is 2.43 bits per heavy atom. The molecule has 0 bridgehead atoms. The van der Waals surface area contributed by atoms with Crippen molar-refractivity contribution in [3.63, 3.8) is 0 Å². The topological polar surface area (TPSA) is 94.1 Å². The van der Waals surface area contributed by atoms with Gasteiger partial charge in [-0.3, -0.25) is 0 Å². The average molecular weight is 478 g/mol. The fourth-order valence-electron chi connectivity index (χ4n) is 4.36. The van der Waals surface area contributed by atoms with Crippen molar-refractivity contribution in [2.45, 2.75) is 31.7 Å². The lowest BCUT2D eigenvalue weighted by Crippen LogP contribution is -2.47. The first-order chi connectivity index (χ1) is 16.9. The number of fused-ring (bicyclic) bond motifs is 1. The molecule has 1 atom stereocenters. The van der Waals surface area contributed by atoms with E-state index in [1.165, 1.54) is 11.1 Å². The van der Waals surface area contributed by atoms with E-state index in [2.05, 4.69) is 30.4 Å². The van der Waals surface area contributed by atoms with Crippen LogP contribution in [0.3, 0.4) is 0 Å². The summed E-state index contributed by atoms with van der Waals surface area (Å²) in [6.07, 6.45) is 1.51. The largest absolute Gasteiger partial charge is 0.497 e. The molecule has 0 amide bonds. The van der Waals surface area contributed by atoms with Crippen molar-refractivity contribution in [2.24, 2.45) is 0 Å². The Labute approximate surface area is 205 Å². The highest BCUT2D eigenvalue weighted by molar-refractivity contribution is 5.85. The number of hydrogen-bond acceptors (Lipinski definition) is 6. The monoisotopic (exact) mass is 477 g/mol. The standard InChI is InChI=1S/C27H29NO5.CH2O/c1-18-5-4-6-19(13-18)11-12-33-25-15-22(8-10-24(25)32-3)28-27(26(29)30)16-20-7-9-23(31-2)14-21(20)17-27;1-2/h4-10,13-15,28H,11-12,16-17H2,1-3H3,(H,29,30);1H2. The van der Waals surface area contributed by atoms with Crippen LogP contribution in [0.1, 0.15) is 22.3 Å². The summed E-state index contributed by atoms with van der Waals surface area (Å²) in [7, 11) is 3.20. The van der Waals surface area contributed by atoms with Crippen molar-refractivity contribution in [1.29, 1.82) is 0 Å². The summed E-state index contributed by atoms with van der Waals surface area (Å²) in [6, 6.07) is 19.5. The molecule has 0 saturated carbocycles. The van der Waals surface area contributed by atoms with Crippen LogP contribution in [0.5, 0.6) is 17.2 Å². The van der Waals surface area contributed by atoms with E-state index in [0.29, 0.717) is 36.6 Å². The van der Waals surface area contributed by atoms with E-state index >= 15 is 0 Å². The van der Waals surface area contributed by atoms with E-state index in [1.54, 1.807) is 20.3 Å². The summed E-state index contributed by atoms with van der Waals surface area (Å²) < 4.78 is 16.8. The summed E-state index contributed by atoms with van der Waals surface area (Å²) in [5.41, 5.74) is 3.93. The molecule has 2 N–H and O–H groups in total. The van der Waals surface area contributed by atoms with Gasteiger partial charge in [-0.1, -0.05) is 35.9 Å². The third kappa shape index (κ3) is 5.93. The van der Waals surface area contributed by atoms with Crippen LogP contribution in [0, 0.1) is 6.92 Å². The normalized spacial score (nSPS) is 15.9.